The summed E-state index contributed by atoms with van der Waals surface area (Å²) in [5.74, 6) is -0.936. The molecule has 1 aromatic heterocycles. The SMILES string of the molecule is Cc1ccc(S(=O)(=O)n2c(SCc3ccccc3)cc3c(Br)c(C(F)(F)F)cc(F)c32)cc1. The van der Waals surface area contributed by atoms with Gasteiger partial charge in [-0.2, -0.15) is 13.2 Å². The first-order valence-electron chi connectivity index (χ1n) is 9.60. The highest BCUT2D eigenvalue weighted by atomic mass is 79.9. The van der Waals surface area contributed by atoms with E-state index >= 15 is 4.39 Å². The van der Waals surface area contributed by atoms with Gasteiger partial charge >= 0.3 is 6.18 Å². The van der Waals surface area contributed by atoms with Crippen molar-refractivity contribution >= 4 is 48.6 Å². The van der Waals surface area contributed by atoms with Gasteiger partial charge in [0.1, 0.15) is 11.3 Å². The van der Waals surface area contributed by atoms with Crippen LogP contribution in [0.4, 0.5) is 17.6 Å². The molecule has 0 aliphatic rings. The summed E-state index contributed by atoms with van der Waals surface area (Å²) in [6, 6.07) is 16.7. The minimum atomic E-state index is -4.82. The largest absolute Gasteiger partial charge is 0.417 e. The Kier molecular flexibility index (Phi) is 6.36. The smallest absolute Gasteiger partial charge is 0.225 e. The van der Waals surface area contributed by atoms with Crippen molar-refractivity contribution in [3.63, 3.8) is 0 Å². The maximum atomic E-state index is 15.1. The summed E-state index contributed by atoms with van der Waals surface area (Å²) in [5, 5.41) is -0.0677. The van der Waals surface area contributed by atoms with Crippen molar-refractivity contribution in [1.82, 2.24) is 3.97 Å². The lowest BCUT2D eigenvalue weighted by Gasteiger charge is -2.14. The number of hydrogen-bond donors (Lipinski definition) is 0. The van der Waals surface area contributed by atoms with Crippen molar-refractivity contribution in [1.29, 1.82) is 0 Å². The zero-order valence-corrected chi connectivity index (χ0v) is 20.2. The van der Waals surface area contributed by atoms with Crippen molar-refractivity contribution in [2.45, 2.75) is 28.8 Å². The number of rotatable bonds is 5. The third-order valence-electron chi connectivity index (χ3n) is 4.99. The fourth-order valence-electron chi connectivity index (χ4n) is 3.36. The second-order valence-corrected chi connectivity index (χ2v) is 10.9. The fourth-order valence-corrected chi connectivity index (χ4v) is 6.78. The lowest BCUT2D eigenvalue weighted by Crippen LogP contribution is -2.15. The number of aryl methyl sites for hydroxylation is 1. The molecule has 0 amide bonds. The molecule has 10 heteroatoms. The predicted molar refractivity (Wildman–Crippen MR) is 124 cm³/mol. The Balaban J connectivity index is 1.97. The number of aromatic nitrogens is 1. The maximum absolute atomic E-state index is 15.1. The fraction of sp³-hybridized carbons (Fsp3) is 0.130. The Bertz CT molecular complexity index is 1430. The zero-order valence-electron chi connectivity index (χ0n) is 17.0. The van der Waals surface area contributed by atoms with Crippen LogP contribution in [0.25, 0.3) is 10.9 Å². The first-order chi connectivity index (χ1) is 15.5. The monoisotopic (exact) mass is 557 g/mol. The molecule has 0 radical (unpaired) electrons. The summed E-state index contributed by atoms with van der Waals surface area (Å²) in [4.78, 5) is -0.0948. The van der Waals surface area contributed by atoms with Gasteiger partial charge in [0.2, 0.25) is 0 Å². The molecule has 0 N–H and O–H groups in total. The van der Waals surface area contributed by atoms with Crippen LogP contribution in [0.5, 0.6) is 0 Å². The van der Waals surface area contributed by atoms with Crippen LogP contribution in [0.3, 0.4) is 0 Å². The topological polar surface area (TPSA) is 39.1 Å². The van der Waals surface area contributed by atoms with Crippen LogP contribution in [0.2, 0.25) is 0 Å². The molecule has 0 atom stereocenters. The molecule has 172 valence electrons. The number of fused-ring (bicyclic) bond motifs is 1. The summed E-state index contributed by atoms with van der Waals surface area (Å²) in [5.41, 5.74) is 0.0549. The molecule has 0 bridgehead atoms. The van der Waals surface area contributed by atoms with E-state index in [1.54, 1.807) is 19.1 Å². The van der Waals surface area contributed by atoms with E-state index in [4.69, 9.17) is 0 Å². The molecular weight excluding hydrogens is 542 g/mol. The summed E-state index contributed by atoms with van der Waals surface area (Å²) in [6.07, 6.45) is -4.82. The zero-order chi connectivity index (χ0) is 24.0. The first-order valence-corrected chi connectivity index (χ1v) is 12.8. The van der Waals surface area contributed by atoms with Gasteiger partial charge in [-0.1, -0.05) is 48.0 Å². The molecule has 0 saturated heterocycles. The minimum absolute atomic E-state index is 0.0948. The number of thioether (sulfide) groups is 1. The molecular formula is C23H16BrF4NO2S2. The highest BCUT2D eigenvalue weighted by Crippen LogP contribution is 2.43. The molecule has 33 heavy (non-hydrogen) atoms. The molecule has 0 spiro atoms. The molecule has 0 unspecified atom stereocenters. The average molecular weight is 558 g/mol. The van der Waals surface area contributed by atoms with E-state index in [-0.39, 0.29) is 15.3 Å². The molecule has 0 fully saturated rings. The second-order valence-electron chi connectivity index (χ2n) is 7.32. The Hall–Kier alpha value is -2.30. The second kappa shape index (κ2) is 8.81. The molecule has 4 aromatic rings. The highest BCUT2D eigenvalue weighted by Gasteiger charge is 2.37. The van der Waals surface area contributed by atoms with Crippen molar-refractivity contribution < 1.29 is 26.0 Å². The van der Waals surface area contributed by atoms with Gasteiger partial charge in [0, 0.05) is 15.6 Å². The van der Waals surface area contributed by atoms with Crippen molar-refractivity contribution in [3.8, 4) is 0 Å². The van der Waals surface area contributed by atoms with Crippen LogP contribution in [0.15, 0.2) is 81.1 Å². The molecule has 0 saturated carbocycles. The van der Waals surface area contributed by atoms with E-state index in [2.05, 4.69) is 15.9 Å². The van der Waals surface area contributed by atoms with E-state index in [1.807, 2.05) is 30.3 Å². The summed E-state index contributed by atoms with van der Waals surface area (Å²) in [6.45, 7) is 1.79. The van der Waals surface area contributed by atoms with Crippen molar-refractivity contribution in [3.05, 3.63) is 93.7 Å². The lowest BCUT2D eigenvalue weighted by molar-refractivity contribution is -0.138. The summed E-state index contributed by atoms with van der Waals surface area (Å²) < 4.78 is 82.9. The van der Waals surface area contributed by atoms with Crippen LogP contribution in [-0.4, -0.2) is 12.4 Å². The first kappa shape index (κ1) is 23.8. The molecule has 0 aliphatic heterocycles. The van der Waals surface area contributed by atoms with E-state index < -0.39 is 37.6 Å². The molecule has 3 nitrogen and oxygen atoms in total. The normalized spacial score (nSPS) is 12.4. The van der Waals surface area contributed by atoms with E-state index in [9.17, 15) is 21.6 Å². The minimum Gasteiger partial charge on any atom is -0.225 e. The summed E-state index contributed by atoms with van der Waals surface area (Å²) >= 11 is 4.02. The van der Waals surface area contributed by atoms with Crippen molar-refractivity contribution in [2.75, 3.05) is 0 Å². The van der Waals surface area contributed by atoms with Gasteiger partial charge in [0.05, 0.1) is 15.5 Å². The van der Waals surface area contributed by atoms with Gasteiger partial charge in [-0.15, -0.1) is 11.8 Å². The van der Waals surface area contributed by atoms with Gasteiger partial charge in [-0.25, -0.2) is 16.8 Å². The van der Waals surface area contributed by atoms with E-state index in [0.717, 1.165) is 26.9 Å². The van der Waals surface area contributed by atoms with Crippen LogP contribution < -0.4 is 0 Å². The van der Waals surface area contributed by atoms with E-state index in [0.29, 0.717) is 11.8 Å². The Morgan fingerprint density at radius 1 is 1.00 bits per heavy atom. The van der Waals surface area contributed by atoms with Crippen LogP contribution in [-0.2, 0) is 22.0 Å². The maximum Gasteiger partial charge on any atom is 0.417 e. The standard InChI is InChI=1S/C23H16BrF4NO2S2/c1-14-7-9-16(10-8-14)33(30,31)29-20(32-13-15-5-3-2-4-6-15)11-17-21(24)18(23(26,27)28)12-19(25)22(17)29/h2-12H,13H2,1H3. The lowest BCUT2D eigenvalue weighted by atomic mass is 10.1. The highest BCUT2D eigenvalue weighted by molar-refractivity contribution is 9.10. The quantitative estimate of drug-likeness (QED) is 0.189. The van der Waals surface area contributed by atoms with Crippen LogP contribution in [0.1, 0.15) is 16.7 Å². The number of halogens is 5. The average Bonchev–Trinajstić information content (AvgIpc) is 3.16. The number of alkyl halides is 3. The third-order valence-corrected chi connectivity index (χ3v) is 8.76. The van der Waals surface area contributed by atoms with Gasteiger partial charge < -0.3 is 0 Å². The van der Waals surface area contributed by atoms with Gasteiger partial charge in [-0.3, -0.25) is 0 Å². The van der Waals surface area contributed by atoms with Gasteiger partial charge in [0.25, 0.3) is 10.0 Å². The third kappa shape index (κ3) is 4.56. The number of nitrogens with zero attached hydrogens (tertiary/aromatic N) is 1. The number of benzene rings is 3. The van der Waals surface area contributed by atoms with Gasteiger partial charge in [-0.05, 0) is 52.7 Å². The molecule has 1 heterocycles. The Morgan fingerprint density at radius 3 is 2.24 bits per heavy atom. The van der Waals surface area contributed by atoms with Crippen LogP contribution in [0, 0.1) is 12.7 Å². The van der Waals surface area contributed by atoms with Crippen LogP contribution >= 0.6 is 27.7 Å². The molecule has 3 aromatic carbocycles. The Morgan fingerprint density at radius 2 is 1.64 bits per heavy atom. The van der Waals surface area contributed by atoms with E-state index in [1.165, 1.54) is 18.2 Å². The Labute approximate surface area is 200 Å². The molecule has 4 rings (SSSR count). The van der Waals surface area contributed by atoms with Gasteiger partial charge in [0.15, 0.2) is 0 Å². The number of hydrogen-bond acceptors (Lipinski definition) is 3. The molecule has 0 aliphatic carbocycles. The predicted octanol–water partition coefficient (Wildman–Crippen LogP) is 7.40. The summed E-state index contributed by atoms with van der Waals surface area (Å²) in [7, 11) is -4.31. The van der Waals surface area contributed by atoms with Crippen molar-refractivity contribution in [2.24, 2.45) is 0 Å².